The molecule has 1 atom stereocenters. The number of hydrogen-bond acceptors (Lipinski definition) is 2. The molecule has 4 heteroatoms. The molecule has 1 heterocycles. The lowest BCUT2D eigenvalue weighted by Crippen LogP contribution is -2.22. The highest BCUT2D eigenvalue weighted by Crippen LogP contribution is 2.29. The summed E-state index contributed by atoms with van der Waals surface area (Å²) in [6, 6.07) is 0. The predicted octanol–water partition coefficient (Wildman–Crippen LogP) is 0.604. The first-order chi connectivity index (χ1) is 7.20. The van der Waals surface area contributed by atoms with E-state index in [1.807, 2.05) is 17.0 Å². The molecule has 0 aromatic carbocycles. The van der Waals surface area contributed by atoms with Gasteiger partial charge in [-0.25, -0.2) is 0 Å². The zero-order valence-corrected chi connectivity index (χ0v) is 8.86. The number of nitrogens with one attached hydrogen (secondary N) is 1. The molecule has 0 fully saturated rings. The fraction of sp³-hybridized carbons (Fsp3) is 0.545. The van der Waals surface area contributed by atoms with Crippen LogP contribution in [0.4, 0.5) is 0 Å². The summed E-state index contributed by atoms with van der Waals surface area (Å²) in [7, 11) is 1.63. The van der Waals surface area contributed by atoms with E-state index in [2.05, 4.69) is 5.32 Å². The number of rotatable bonds is 2. The Bertz CT molecular complexity index is 371. The molecule has 2 N–H and O–H groups in total. The van der Waals surface area contributed by atoms with Crippen molar-refractivity contribution >= 4 is 5.91 Å². The second-order valence-corrected chi connectivity index (χ2v) is 3.99. The molecule has 0 aliphatic heterocycles. The number of carbonyl (C=O) groups excluding carboxylic acids is 1. The monoisotopic (exact) mass is 208 g/mol. The lowest BCUT2D eigenvalue weighted by molar-refractivity contribution is -0.121. The third kappa shape index (κ3) is 2.04. The lowest BCUT2D eigenvalue weighted by Gasteiger charge is -2.16. The van der Waals surface area contributed by atoms with Crippen molar-refractivity contribution in [3.63, 3.8) is 0 Å². The number of amides is 1. The maximum Gasteiger partial charge on any atom is 0.239 e. The summed E-state index contributed by atoms with van der Waals surface area (Å²) >= 11 is 0. The molecule has 1 aliphatic rings. The van der Waals surface area contributed by atoms with Gasteiger partial charge in [-0.1, -0.05) is 0 Å². The number of aryl methyl sites for hydroxylation is 1. The minimum atomic E-state index is -0.348. The van der Waals surface area contributed by atoms with E-state index in [1.165, 1.54) is 5.56 Å². The van der Waals surface area contributed by atoms with Gasteiger partial charge in [0.25, 0.3) is 0 Å². The first kappa shape index (κ1) is 10.2. The molecular weight excluding hydrogens is 192 g/mol. The van der Waals surface area contributed by atoms with Crippen LogP contribution < -0.4 is 5.32 Å². The van der Waals surface area contributed by atoms with E-state index in [0.29, 0.717) is 6.54 Å². The summed E-state index contributed by atoms with van der Waals surface area (Å²) in [5, 5.41) is 12.3. The van der Waals surface area contributed by atoms with E-state index in [9.17, 15) is 9.90 Å². The van der Waals surface area contributed by atoms with Gasteiger partial charge < -0.3 is 15.0 Å². The van der Waals surface area contributed by atoms with Crippen LogP contribution in [-0.2, 0) is 17.8 Å². The van der Waals surface area contributed by atoms with Gasteiger partial charge in [-0.2, -0.15) is 0 Å². The van der Waals surface area contributed by atoms with Crippen molar-refractivity contribution < 1.29 is 9.90 Å². The predicted molar refractivity (Wildman–Crippen MR) is 56.4 cm³/mol. The Kier molecular flexibility index (Phi) is 2.77. The average Bonchev–Trinajstić information content (AvgIpc) is 2.62. The van der Waals surface area contributed by atoms with Gasteiger partial charge in [0.1, 0.15) is 6.54 Å². The average molecular weight is 208 g/mol. The van der Waals surface area contributed by atoms with E-state index < -0.39 is 0 Å². The van der Waals surface area contributed by atoms with Crippen molar-refractivity contribution in [3.8, 4) is 0 Å². The van der Waals surface area contributed by atoms with Gasteiger partial charge >= 0.3 is 0 Å². The minimum absolute atomic E-state index is 0.0168. The van der Waals surface area contributed by atoms with Crippen molar-refractivity contribution in [3.05, 3.63) is 23.5 Å². The number of aromatic nitrogens is 1. The van der Waals surface area contributed by atoms with Crippen LogP contribution in [0.1, 0.15) is 30.1 Å². The second-order valence-electron chi connectivity index (χ2n) is 3.99. The standard InChI is InChI=1S/C11H16N2O2/c1-12-11(15)7-13-5-8-3-2-4-10(14)9(8)6-13/h5-6,10,14H,2-4,7H2,1H3,(H,12,15). The molecule has 0 saturated carbocycles. The Labute approximate surface area is 88.9 Å². The summed E-state index contributed by atoms with van der Waals surface area (Å²) in [5.74, 6) is -0.0168. The molecule has 1 aliphatic carbocycles. The van der Waals surface area contributed by atoms with Gasteiger partial charge in [-0.05, 0) is 24.8 Å². The summed E-state index contributed by atoms with van der Waals surface area (Å²) in [4.78, 5) is 11.2. The van der Waals surface area contributed by atoms with Gasteiger partial charge in [-0.15, -0.1) is 0 Å². The van der Waals surface area contributed by atoms with Crippen LogP contribution in [0.2, 0.25) is 0 Å². The summed E-state index contributed by atoms with van der Waals surface area (Å²) in [5.41, 5.74) is 2.17. The molecule has 15 heavy (non-hydrogen) atoms. The molecule has 0 saturated heterocycles. The van der Waals surface area contributed by atoms with Gasteiger partial charge in [0.05, 0.1) is 6.10 Å². The van der Waals surface area contributed by atoms with Crippen LogP contribution >= 0.6 is 0 Å². The van der Waals surface area contributed by atoms with Gasteiger partial charge in [0.2, 0.25) is 5.91 Å². The van der Waals surface area contributed by atoms with Crippen LogP contribution in [0, 0.1) is 0 Å². The van der Waals surface area contributed by atoms with Crippen molar-refractivity contribution in [1.29, 1.82) is 0 Å². The number of hydrogen-bond donors (Lipinski definition) is 2. The van der Waals surface area contributed by atoms with E-state index in [4.69, 9.17) is 0 Å². The minimum Gasteiger partial charge on any atom is -0.388 e. The largest absolute Gasteiger partial charge is 0.388 e. The highest BCUT2D eigenvalue weighted by molar-refractivity contribution is 5.75. The Morgan fingerprint density at radius 2 is 2.47 bits per heavy atom. The van der Waals surface area contributed by atoms with E-state index in [0.717, 1.165) is 24.8 Å². The maximum atomic E-state index is 11.2. The molecule has 0 bridgehead atoms. The number of likely N-dealkylation sites (N-methyl/N-ethyl adjacent to an activating group) is 1. The van der Waals surface area contributed by atoms with Gasteiger partial charge in [0, 0.05) is 25.0 Å². The van der Waals surface area contributed by atoms with Crippen LogP contribution in [0.25, 0.3) is 0 Å². The SMILES string of the molecule is CNC(=O)Cn1cc2c(c1)C(O)CCC2. The number of carbonyl (C=O) groups is 1. The number of nitrogens with zero attached hydrogens (tertiary/aromatic N) is 1. The zero-order valence-electron chi connectivity index (χ0n) is 8.86. The quantitative estimate of drug-likeness (QED) is 0.748. The lowest BCUT2D eigenvalue weighted by atomic mass is 9.93. The van der Waals surface area contributed by atoms with Crippen LogP contribution in [0.15, 0.2) is 12.4 Å². The van der Waals surface area contributed by atoms with E-state index >= 15 is 0 Å². The molecule has 1 aromatic heterocycles. The van der Waals surface area contributed by atoms with Gasteiger partial charge in [0.15, 0.2) is 0 Å². The molecule has 1 unspecified atom stereocenters. The van der Waals surface area contributed by atoms with E-state index in [-0.39, 0.29) is 12.0 Å². The molecule has 1 aromatic rings. The maximum absolute atomic E-state index is 11.2. The summed E-state index contributed by atoms with van der Waals surface area (Å²) in [6.07, 6.45) is 6.36. The number of aliphatic hydroxyl groups is 1. The van der Waals surface area contributed by atoms with Gasteiger partial charge in [-0.3, -0.25) is 4.79 Å². The first-order valence-corrected chi connectivity index (χ1v) is 5.28. The Morgan fingerprint density at radius 1 is 1.67 bits per heavy atom. The fourth-order valence-corrected chi connectivity index (χ4v) is 2.06. The normalized spacial score (nSPS) is 19.7. The van der Waals surface area contributed by atoms with Crippen LogP contribution in [0.5, 0.6) is 0 Å². The highest BCUT2D eigenvalue weighted by atomic mass is 16.3. The molecule has 82 valence electrons. The molecule has 4 nitrogen and oxygen atoms in total. The Hall–Kier alpha value is -1.29. The van der Waals surface area contributed by atoms with Crippen LogP contribution in [-0.4, -0.2) is 22.6 Å². The topological polar surface area (TPSA) is 54.3 Å². The zero-order chi connectivity index (χ0) is 10.8. The van der Waals surface area contributed by atoms with Crippen LogP contribution in [0.3, 0.4) is 0 Å². The molecule has 2 rings (SSSR count). The first-order valence-electron chi connectivity index (χ1n) is 5.28. The second kappa shape index (κ2) is 4.06. The summed E-state index contributed by atoms with van der Waals surface area (Å²) in [6.45, 7) is 0.330. The van der Waals surface area contributed by atoms with Crippen molar-refractivity contribution in [2.45, 2.75) is 31.9 Å². The number of fused-ring (bicyclic) bond motifs is 1. The molecule has 0 spiro atoms. The molecule has 1 amide bonds. The third-order valence-corrected chi connectivity index (χ3v) is 2.89. The summed E-state index contributed by atoms with van der Waals surface area (Å²) < 4.78 is 1.85. The smallest absolute Gasteiger partial charge is 0.239 e. The third-order valence-electron chi connectivity index (χ3n) is 2.89. The van der Waals surface area contributed by atoms with Crippen molar-refractivity contribution in [2.24, 2.45) is 0 Å². The molecular formula is C11H16N2O2. The highest BCUT2D eigenvalue weighted by Gasteiger charge is 2.20. The van der Waals surface area contributed by atoms with Crippen molar-refractivity contribution in [2.75, 3.05) is 7.05 Å². The fourth-order valence-electron chi connectivity index (χ4n) is 2.06. The van der Waals surface area contributed by atoms with E-state index in [1.54, 1.807) is 7.05 Å². The Balaban J connectivity index is 2.18. The molecule has 0 radical (unpaired) electrons. The Morgan fingerprint density at radius 3 is 3.13 bits per heavy atom. The number of aliphatic hydroxyl groups excluding tert-OH is 1. The van der Waals surface area contributed by atoms with Crippen molar-refractivity contribution in [1.82, 2.24) is 9.88 Å².